The predicted molar refractivity (Wildman–Crippen MR) is 78.3 cm³/mol. The molecule has 2 amide bonds. The van der Waals surface area contributed by atoms with Crippen LogP contribution in [-0.2, 0) is 4.74 Å². The minimum atomic E-state index is -0.328. The Balaban J connectivity index is 1.85. The van der Waals surface area contributed by atoms with Gasteiger partial charge in [0.2, 0.25) is 0 Å². The number of rotatable bonds is 3. The topological polar surface area (TPSA) is 49.9 Å². The van der Waals surface area contributed by atoms with Crippen LogP contribution in [0.25, 0.3) is 10.8 Å². The molecule has 0 spiro atoms. The molecule has 2 heterocycles. The number of benzene rings is 2. The molecule has 0 bridgehead atoms. The molecular formula is C17H15NO3. The molecule has 0 saturated carbocycles. The van der Waals surface area contributed by atoms with Gasteiger partial charge in [0.25, 0.3) is 11.8 Å². The van der Waals surface area contributed by atoms with Crippen molar-refractivity contribution in [2.45, 2.75) is 18.9 Å². The average molecular weight is 281 g/mol. The number of epoxide rings is 1. The molecule has 1 saturated heterocycles. The van der Waals surface area contributed by atoms with E-state index < -0.39 is 0 Å². The third-order valence-corrected chi connectivity index (χ3v) is 4.50. The normalized spacial score (nSPS) is 23.8. The van der Waals surface area contributed by atoms with Gasteiger partial charge in [-0.3, -0.25) is 14.5 Å². The molecule has 106 valence electrons. The maximum atomic E-state index is 12.7. The molecule has 2 aromatic rings. The van der Waals surface area contributed by atoms with E-state index in [0.717, 1.165) is 17.2 Å². The number of carbonyl (C=O) groups excluding carboxylic acids is 2. The minimum Gasteiger partial charge on any atom is -0.368 e. The van der Waals surface area contributed by atoms with Crippen molar-refractivity contribution in [1.29, 1.82) is 0 Å². The van der Waals surface area contributed by atoms with Gasteiger partial charge in [-0.2, -0.15) is 0 Å². The smallest absolute Gasteiger partial charge is 0.261 e. The van der Waals surface area contributed by atoms with Crippen LogP contribution in [0.1, 0.15) is 34.1 Å². The van der Waals surface area contributed by atoms with Gasteiger partial charge < -0.3 is 4.74 Å². The number of ether oxygens (including phenoxy) is 1. The van der Waals surface area contributed by atoms with Crippen LogP contribution < -0.4 is 0 Å². The summed E-state index contributed by atoms with van der Waals surface area (Å²) < 4.78 is 5.46. The van der Waals surface area contributed by atoms with Crippen molar-refractivity contribution in [2.75, 3.05) is 13.2 Å². The maximum absolute atomic E-state index is 12.7. The summed E-state index contributed by atoms with van der Waals surface area (Å²) in [5, 5.41) is 1.70. The van der Waals surface area contributed by atoms with Crippen molar-refractivity contribution in [3.63, 3.8) is 0 Å². The molecule has 2 aliphatic heterocycles. The highest BCUT2D eigenvalue weighted by atomic mass is 16.6. The van der Waals surface area contributed by atoms with E-state index in [1.807, 2.05) is 31.2 Å². The molecule has 1 atom stereocenters. The van der Waals surface area contributed by atoms with E-state index in [0.29, 0.717) is 24.3 Å². The SMILES string of the molecule is CCC1(CN2C(=O)c3cccc4cccc(c34)C2=O)CO1. The molecule has 1 fully saturated rings. The first-order valence-corrected chi connectivity index (χ1v) is 7.17. The van der Waals surface area contributed by atoms with Gasteiger partial charge in [-0.15, -0.1) is 0 Å². The summed E-state index contributed by atoms with van der Waals surface area (Å²) in [6, 6.07) is 11.2. The van der Waals surface area contributed by atoms with Crippen LogP contribution in [-0.4, -0.2) is 35.5 Å². The summed E-state index contributed by atoms with van der Waals surface area (Å²) in [5.41, 5.74) is 0.884. The summed E-state index contributed by atoms with van der Waals surface area (Å²) in [4.78, 5) is 26.7. The lowest BCUT2D eigenvalue weighted by Crippen LogP contribution is -2.45. The van der Waals surface area contributed by atoms with E-state index in [4.69, 9.17) is 4.74 Å². The van der Waals surface area contributed by atoms with Crippen molar-refractivity contribution in [3.8, 4) is 0 Å². The van der Waals surface area contributed by atoms with E-state index in [1.165, 1.54) is 4.90 Å². The van der Waals surface area contributed by atoms with Crippen LogP contribution in [0.4, 0.5) is 0 Å². The lowest BCUT2D eigenvalue weighted by atomic mass is 9.93. The fraction of sp³-hybridized carbons (Fsp3) is 0.294. The van der Waals surface area contributed by atoms with Crippen LogP contribution in [0.3, 0.4) is 0 Å². The molecule has 4 nitrogen and oxygen atoms in total. The third-order valence-electron chi connectivity index (χ3n) is 4.50. The highest BCUT2D eigenvalue weighted by molar-refractivity contribution is 6.25. The monoisotopic (exact) mass is 281 g/mol. The van der Waals surface area contributed by atoms with Crippen molar-refractivity contribution in [3.05, 3.63) is 47.5 Å². The maximum Gasteiger partial charge on any atom is 0.261 e. The fourth-order valence-corrected chi connectivity index (χ4v) is 3.02. The summed E-state index contributed by atoms with van der Waals surface area (Å²) in [5.74, 6) is -0.430. The molecule has 21 heavy (non-hydrogen) atoms. The van der Waals surface area contributed by atoms with Gasteiger partial charge >= 0.3 is 0 Å². The second kappa shape index (κ2) is 4.15. The lowest BCUT2D eigenvalue weighted by molar-refractivity contribution is 0.0563. The van der Waals surface area contributed by atoms with Gasteiger partial charge in [0.15, 0.2) is 0 Å². The molecule has 0 aromatic heterocycles. The van der Waals surface area contributed by atoms with Crippen molar-refractivity contribution in [1.82, 2.24) is 4.90 Å². The zero-order chi connectivity index (χ0) is 14.6. The Morgan fingerprint density at radius 1 is 1.10 bits per heavy atom. The van der Waals surface area contributed by atoms with Gasteiger partial charge in [-0.25, -0.2) is 0 Å². The highest BCUT2D eigenvalue weighted by Gasteiger charge is 2.47. The van der Waals surface area contributed by atoms with Gasteiger partial charge in [-0.05, 0) is 23.9 Å². The molecule has 4 heteroatoms. The van der Waals surface area contributed by atoms with E-state index in [9.17, 15) is 9.59 Å². The molecule has 4 rings (SSSR count). The Morgan fingerprint density at radius 3 is 2.14 bits per heavy atom. The van der Waals surface area contributed by atoms with E-state index in [-0.39, 0.29) is 17.4 Å². The quantitative estimate of drug-likeness (QED) is 0.642. The molecular weight excluding hydrogens is 266 g/mol. The average Bonchev–Trinajstić information content (AvgIpc) is 3.29. The second-order valence-electron chi connectivity index (χ2n) is 5.73. The standard InChI is InChI=1S/C17H15NO3/c1-2-17(10-21-17)9-18-15(19)12-7-3-5-11-6-4-8-13(14(11)12)16(18)20/h3-8H,2,9-10H2,1H3. The summed E-state index contributed by atoms with van der Waals surface area (Å²) in [6.45, 7) is 2.97. The second-order valence-corrected chi connectivity index (χ2v) is 5.73. The van der Waals surface area contributed by atoms with E-state index in [1.54, 1.807) is 12.1 Å². The van der Waals surface area contributed by atoms with E-state index in [2.05, 4.69) is 0 Å². The first-order valence-electron chi connectivity index (χ1n) is 7.17. The van der Waals surface area contributed by atoms with Gasteiger partial charge in [-0.1, -0.05) is 31.2 Å². The largest absolute Gasteiger partial charge is 0.368 e. The zero-order valence-corrected chi connectivity index (χ0v) is 11.8. The molecule has 2 aliphatic rings. The van der Waals surface area contributed by atoms with Crippen LogP contribution in [0, 0.1) is 0 Å². The van der Waals surface area contributed by atoms with Crippen LogP contribution in [0.15, 0.2) is 36.4 Å². The van der Waals surface area contributed by atoms with Gasteiger partial charge in [0.05, 0.1) is 13.2 Å². The first-order chi connectivity index (χ1) is 10.2. The number of imide groups is 1. The minimum absolute atomic E-state index is 0.215. The van der Waals surface area contributed by atoms with E-state index >= 15 is 0 Å². The number of nitrogens with zero attached hydrogens (tertiary/aromatic N) is 1. The first kappa shape index (κ1) is 12.5. The molecule has 0 radical (unpaired) electrons. The van der Waals surface area contributed by atoms with Crippen molar-refractivity contribution < 1.29 is 14.3 Å². The zero-order valence-electron chi connectivity index (χ0n) is 11.8. The van der Waals surface area contributed by atoms with Crippen molar-refractivity contribution >= 4 is 22.6 Å². The molecule has 2 aromatic carbocycles. The van der Waals surface area contributed by atoms with Crippen LogP contribution in [0.5, 0.6) is 0 Å². The Morgan fingerprint density at radius 2 is 1.67 bits per heavy atom. The highest BCUT2D eigenvalue weighted by Crippen LogP contribution is 2.35. The molecule has 0 N–H and O–H groups in total. The predicted octanol–water partition coefficient (Wildman–Crippen LogP) is 2.61. The molecule has 0 aliphatic carbocycles. The van der Waals surface area contributed by atoms with Crippen molar-refractivity contribution in [2.24, 2.45) is 0 Å². The fourth-order valence-electron chi connectivity index (χ4n) is 3.02. The third kappa shape index (κ3) is 1.72. The van der Waals surface area contributed by atoms with Crippen LogP contribution >= 0.6 is 0 Å². The summed E-state index contributed by atoms with van der Waals surface area (Å²) in [6.07, 6.45) is 0.801. The summed E-state index contributed by atoms with van der Waals surface area (Å²) >= 11 is 0. The molecule has 1 unspecified atom stereocenters. The number of hydrogen-bond acceptors (Lipinski definition) is 3. The van der Waals surface area contributed by atoms with Gasteiger partial charge in [0, 0.05) is 16.5 Å². The Hall–Kier alpha value is -2.20. The van der Waals surface area contributed by atoms with Gasteiger partial charge in [0.1, 0.15) is 5.60 Å². The Bertz CT molecular complexity index is 726. The number of hydrogen-bond donors (Lipinski definition) is 0. The number of amides is 2. The summed E-state index contributed by atoms with van der Waals surface area (Å²) in [7, 11) is 0. The Kier molecular flexibility index (Phi) is 2.48. The Labute approximate surface area is 122 Å². The lowest BCUT2D eigenvalue weighted by Gasteiger charge is -2.29. The number of carbonyl (C=O) groups is 2. The van der Waals surface area contributed by atoms with Crippen LogP contribution in [0.2, 0.25) is 0 Å².